The molecule has 0 radical (unpaired) electrons. The Bertz CT molecular complexity index is 1980. The number of alkyl halides is 3. The molecule has 278 valence electrons. The summed E-state index contributed by atoms with van der Waals surface area (Å²) in [5.41, 5.74) is 2.68. The topological polar surface area (TPSA) is 128 Å². The minimum absolute atomic E-state index is 0.149. The number of rotatable bonds is 11. The molecule has 2 fully saturated rings. The molecule has 2 aliphatic heterocycles. The second-order valence-corrected chi connectivity index (χ2v) is 13.3. The minimum atomic E-state index is -4.69. The number of nitrogens with zero attached hydrogens (tertiary/aromatic N) is 3. The van der Waals surface area contributed by atoms with Crippen molar-refractivity contribution in [2.75, 3.05) is 49.8 Å². The van der Waals surface area contributed by atoms with Crippen LogP contribution in [0, 0.1) is 0 Å². The zero-order valence-electron chi connectivity index (χ0n) is 29.7. The molecule has 3 heterocycles. The Balaban J connectivity index is 1.11. The van der Waals surface area contributed by atoms with E-state index in [0.29, 0.717) is 30.3 Å². The van der Waals surface area contributed by atoms with Gasteiger partial charge in [-0.25, -0.2) is 4.98 Å². The van der Waals surface area contributed by atoms with Crippen molar-refractivity contribution in [3.05, 3.63) is 101 Å². The fourth-order valence-corrected chi connectivity index (χ4v) is 6.94. The summed E-state index contributed by atoms with van der Waals surface area (Å²) >= 11 is 0. The zero-order valence-corrected chi connectivity index (χ0v) is 29.7. The third-order valence-corrected chi connectivity index (χ3v) is 9.80. The number of hydrogen-bond donors (Lipinski definition) is 4. The Hall–Kier alpha value is -5.63. The highest BCUT2D eigenvalue weighted by molar-refractivity contribution is 6.01. The highest BCUT2D eigenvalue weighted by Crippen LogP contribution is 2.39. The van der Waals surface area contributed by atoms with Gasteiger partial charge in [-0.15, -0.1) is 0 Å². The van der Waals surface area contributed by atoms with Gasteiger partial charge in [0, 0.05) is 63.2 Å². The number of imide groups is 1. The number of pyridine rings is 1. The largest absolute Gasteiger partial charge is 0.494 e. The van der Waals surface area contributed by atoms with Crippen LogP contribution in [0.5, 0.6) is 5.75 Å². The molecule has 2 saturated heterocycles. The molecule has 6 rings (SSSR count). The number of para-hydroxylation sites is 1. The smallest absolute Gasteiger partial charge is 0.419 e. The van der Waals surface area contributed by atoms with E-state index in [1.807, 2.05) is 30.3 Å². The van der Waals surface area contributed by atoms with E-state index in [2.05, 4.69) is 55.2 Å². The van der Waals surface area contributed by atoms with Crippen molar-refractivity contribution in [2.24, 2.45) is 0 Å². The second-order valence-electron chi connectivity index (χ2n) is 13.3. The number of aromatic nitrogens is 1. The number of halogens is 3. The molecule has 0 bridgehead atoms. The molecule has 3 aromatic carbocycles. The van der Waals surface area contributed by atoms with E-state index in [4.69, 9.17) is 4.74 Å². The van der Waals surface area contributed by atoms with Gasteiger partial charge in [-0.3, -0.25) is 24.6 Å². The number of piperidine rings is 2. The Labute approximate surface area is 305 Å². The van der Waals surface area contributed by atoms with E-state index in [1.54, 1.807) is 12.1 Å². The van der Waals surface area contributed by atoms with Gasteiger partial charge >= 0.3 is 6.18 Å². The lowest BCUT2D eigenvalue weighted by atomic mass is 9.89. The first kappa shape index (κ1) is 37.1. The van der Waals surface area contributed by atoms with Crippen molar-refractivity contribution < 1.29 is 32.3 Å². The maximum Gasteiger partial charge on any atom is 0.419 e. The average molecular weight is 730 g/mol. The lowest BCUT2D eigenvalue weighted by Crippen LogP contribution is -2.43. The molecule has 0 spiro atoms. The lowest BCUT2D eigenvalue weighted by molar-refractivity contribution is -0.137. The first-order valence-corrected chi connectivity index (χ1v) is 17.4. The normalized spacial score (nSPS) is 16.7. The van der Waals surface area contributed by atoms with E-state index in [9.17, 15) is 27.6 Å². The van der Waals surface area contributed by atoms with Crippen LogP contribution in [0.2, 0.25) is 0 Å². The van der Waals surface area contributed by atoms with Crippen LogP contribution in [0.15, 0.2) is 79.0 Å². The van der Waals surface area contributed by atoms with Crippen molar-refractivity contribution in [2.45, 2.75) is 50.4 Å². The summed E-state index contributed by atoms with van der Waals surface area (Å²) in [6.07, 6.45) is -1.21. The number of ether oxygens (including phenoxy) is 1. The number of nitrogens with one attached hydrogen (secondary N) is 4. The quantitative estimate of drug-likeness (QED) is 0.127. The first-order valence-electron chi connectivity index (χ1n) is 17.4. The molecule has 14 heteroatoms. The number of anilines is 5. The predicted octanol–water partition coefficient (Wildman–Crippen LogP) is 6.58. The zero-order chi connectivity index (χ0) is 37.7. The Morgan fingerprint density at radius 2 is 1.74 bits per heavy atom. The van der Waals surface area contributed by atoms with Crippen LogP contribution >= 0.6 is 0 Å². The predicted molar refractivity (Wildman–Crippen MR) is 197 cm³/mol. The monoisotopic (exact) mass is 729 g/mol. The van der Waals surface area contributed by atoms with E-state index in [1.165, 1.54) is 32.4 Å². The third kappa shape index (κ3) is 8.71. The van der Waals surface area contributed by atoms with Crippen molar-refractivity contribution in [1.82, 2.24) is 20.5 Å². The van der Waals surface area contributed by atoms with E-state index in [0.717, 1.165) is 55.5 Å². The lowest BCUT2D eigenvalue weighted by Gasteiger charge is -2.38. The SMILES string of the molecule is CNC(=O)c1ccccc1Nc1cc(Nc2ccc(N3CCC(N(C)Cc4cccc(C5CCC(=O)NC5=O)c4)CC3)cc2OC)ncc1C(F)(F)F. The maximum atomic E-state index is 14.0. The van der Waals surface area contributed by atoms with Crippen molar-refractivity contribution in [3.63, 3.8) is 0 Å². The van der Waals surface area contributed by atoms with Crippen molar-refractivity contribution in [3.8, 4) is 5.75 Å². The summed E-state index contributed by atoms with van der Waals surface area (Å²) in [5, 5.41) is 10.8. The molecule has 0 aliphatic carbocycles. The fourth-order valence-electron chi connectivity index (χ4n) is 6.94. The number of benzene rings is 3. The van der Waals surface area contributed by atoms with Gasteiger partial charge in [0.25, 0.3) is 5.91 Å². The van der Waals surface area contributed by atoms with Crippen LogP contribution in [0.3, 0.4) is 0 Å². The van der Waals surface area contributed by atoms with E-state index < -0.39 is 17.6 Å². The molecule has 0 saturated carbocycles. The van der Waals surface area contributed by atoms with E-state index >= 15 is 0 Å². The summed E-state index contributed by atoms with van der Waals surface area (Å²) in [6, 6.07) is 21.6. The van der Waals surface area contributed by atoms with Crippen LogP contribution in [0.4, 0.5) is 41.7 Å². The van der Waals surface area contributed by atoms with Crippen LogP contribution in [0.25, 0.3) is 0 Å². The van der Waals surface area contributed by atoms with E-state index in [-0.39, 0.29) is 40.5 Å². The van der Waals surface area contributed by atoms with Gasteiger partial charge in [-0.05, 0) is 61.7 Å². The van der Waals surface area contributed by atoms with Crippen LogP contribution in [0.1, 0.15) is 58.6 Å². The average Bonchev–Trinajstić information content (AvgIpc) is 3.14. The number of amides is 3. The van der Waals surface area contributed by atoms with Gasteiger partial charge in [0.2, 0.25) is 11.8 Å². The summed E-state index contributed by atoms with van der Waals surface area (Å²) < 4.78 is 47.7. The van der Waals surface area contributed by atoms with Gasteiger partial charge in [-0.2, -0.15) is 13.2 Å². The molecule has 1 unspecified atom stereocenters. The van der Waals surface area contributed by atoms with Gasteiger partial charge in [-0.1, -0.05) is 36.4 Å². The molecule has 4 N–H and O–H groups in total. The molecule has 11 nitrogen and oxygen atoms in total. The van der Waals surface area contributed by atoms with Gasteiger partial charge < -0.3 is 25.6 Å². The van der Waals surface area contributed by atoms with Gasteiger partial charge in [0.05, 0.1) is 41.2 Å². The molecular weight excluding hydrogens is 687 g/mol. The number of carbonyl (C=O) groups excluding carboxylic acids is 3. The maximum absolute atomic E-state index is 14.0. The molecule has 1 atom stereocenters. The Morgan fingerprint density at radius 3 is 2.45 bits per heavy atom. The summed E-state index contributed by atoms with van der Waals surface area (Å²) in [4.78, 5) is 45.0. The van der Waals surface area contributed by atoms with Gasteiger partial charge in [0.15, 0.2) is 0 Å². The molecule has 53 heavy (non-hydrogen) atoms. The van der Waals surface area contributed by atoms with Gasteiger partial charge in [0.1, 0.15) is 11.6 Å². The molecule has 3 amide bonds. The fraction of sp³-hybridized carbons (Fsp3) is 0.333. The van der Waals surface area contributed by atoms with Crippen molar-refractivity contribution >= 4 is 46.3 Å². The molecule has 2 aliphatic rings. The third-order valence-electron chi connectivity index (χ3n) is 9.80. The Morgan fingerprint density at radius 1 is 0.962 bits per heavy atom. The highest BCUT2D eigenvalue weighted by atomic mass is 19.4. The number of carbonyl (C=O) groups is 3. The number of hydrogen-bond acceptors (Lipinski definition) is 9. The molecule has 1 aromatic heterocycles. The summed E-state index contributed by atoms with van der Waals surface area (Å²) in [7, 11) is 5.09. The first-order chi connectivity index (χ1) is 25.4. The minimum Gasteiger partial charge on any atom is -0.494 e. The van der Waals surface area contributed by atoms with Crippen molar-refractivity contribution in [1.29, 1.82) is 0 Å². The molecule has 4 aromatic rings. The molecular formula is C39H42F3N7O4. The van der Waals surface area contributed by atoms with Crippen LogP contribution in [-0.4, -0.2) is 67.9 Å². The van der Waals surface area contributed by atoms with Crippen LogP contribution < -0.4 is 30.9 Å². The highest BCUT2D eigenvalue weighted by Gasteiger charge is 2.35. The Kier molecular flexibility index (Phi) is 11.2. The standard InChI is InChI=1S/C39H42F3N7O4/c1-43-37(51)29-9-4-5-10-31(29)45-33-21-35(44-22-30(33)39(40,41)42)46-32-13-11-27(20-34(32)53-3)49-17-15-26(16-18-49)48(2)23-24-7-6-8-25(19-24)28-12-14-36(50)47-38(28)52/h4-11,13,19-22,26,28H,12,14-18,23H2,1-3H3,(H,43,51)(H2,44,45,46)(H,47,50,52). The summed E-state index contributed by atoms with van der Waals surface area (Å²) in [6.45, 7) is 2.36. The van der Waals surface area contributed by atoms with Crippen LogP contribution in [-0.2, 0) is 22.3 Å². The second kappa shape index (κ2) is 15.9. The number of methoxy groups -OCH3 is 1. The summed E-state index contributed by atoms with van der Waals surface area (Å²) in [5.74, 6) is -0.565.